The molecule has 0 spiro atoms. The summed E-state index contributed by atoms with van der Waals surface area (Å²) >= 11 is 0. The number of hydrogen-bond acceptors (Lipinski definition) is 15. The van der Waals surface area contributed by atoms with Crippen molar-refractivity contribution in [1.29, 1.82) is 0 Å². The van der Waals surface area contributed by atoms with E-state index in [1.165, 1.54) is 17.0 Å². The van der Waals surface area contributed by atoms with Gasteiger partial charge in [0, 0.05) is 12.7 Å². The molecule has 41 heavy (non-hydrogen) atoms. The third-order valence-corrected chi connectivity index (χ3v) is 9.25. The quantitative estimate of drug-likeness (QED) is 0.109. The van der Waals surface area contributed by atoms with Crippen LogP contribution in [0.4, 0.5) is 11.5 Å². The van der Waals surface area contributed by atoms with Gasteiger partial charge in [-0.3, -0.25) is 9.09 Å². The number of nitrogens with zero attached hydrogens (tertiary/aromatic N) is 4. The Labute approximate surface area is 229 Å². The molecule has 0 amide bonds. The zero-order valence-electron chi connectivity index (χ0n) is 20.6. The van der Waals surface area contributed by atoms with Crippen LogP contribution in [0, 0.1) is 0 Å². The first-order valence-corrected chi connectivity index (χ1v) is 15.7. The minimum atomic E-state index is -5.80. The number of para-hydroxylation sites is 1. The number of fused-ring (bicyclic) bond motifs is 1. The molecule has 0 radical (unpaired) electrons. The Kier molecular flexibility index (Phi) is 8.96. The summed E-state index contributed by atoms with van der Waals surface area (Å²) in [4.78, 5) is 61.6. The van der Waals surface area contributed by atoms with Crippen LogP contribution in [0.5, 0.6) is 0 Å². The number of nitrogen functional groups attached to an aromatic ring is 1. The Balaban J connectivity index is 1.60. The topological polar surface area (TPSA) is 297 Å². The van der Waals surface area contributed by atoms with E-state index in [1.54, 1.807) is 25.2 Å². The van der Waals surface area contributed by atoms with Gasteiger partial charge in [-0.25, -0.2) is 33.4 Å². The number of aromatic nitrogens is 4. The second kappa shape index (κ2) is 11.8. The fraction of sp³-hybridized carbons (Fsp3) is 0.333. The smallest absolute Gasteiger partial charge is 0.453 e. The summed E-state index contributed by atoms with van der Waals surface area (Å²) in [6.07, 6.45) is -3.88. The van der Waals surface area contributed by atoms with Crippen LogP contribution in [0.2, 0.25) is 0 Å². The third-order valence-electron chi connectivity index (χ3n) is 5.45. The average molecular weight is 640 g/mol. The Morgan fingerprint density at radius 1 is 1.10 bits per heavy atom. The molecule has 1 aliphatic heterocycles. The van der Waals surface area contributed by atoms with Crippen molar-refractivity contribution in [3.05, 3.63) is 42.5 Å². The van der Waals surface area contributed by atoms with Gasteiger partial charge in [0.05, 0.1) is 18.5 Å². The molecule has 4 rings (SSSR count). The number of esters is 1. The maximum Gasteiger partial charge on any atom is 0.490 e. The highest BCUT2D eigenvalue weighted by Gasteiger charge is 2.49. The van der Waals surface area contributed by atoms with E-state index in [4.69, 9.17) is 25.0 Å². The van der Waals surface area contributed by atoms with Gasteiger partial charge in [0.15, 0.2) is 23.8 Å². The van der Waals surface area contributed by atoms with Crippen molar-refractivity contribution in [2.24, 2.45) is 0 Å². The number of nitrogens with one attached hydrogen (secondary N) is 1. The molecule has 1 aliphatic rings. The van der Waals surface area contributed by atoms with Crippen molar-refractivity contribution in [3.63, 3.8) is 0 Å². The van der Waals surface area contributed by atoms with E-state index in [-0.39, 0.29) is 22.5 Å². The number of imidazole rings is 1. The largest absolute Gasteiger partial charge is 0.490 e. The van der Waals surface area contributed by atoms with Crippen molar-refractivity contribution in [2.75, 3.05) is 24.7 Å². The number of hydrogen-bond donors (Lipinski definition) is 7. The standard InChI is InChI=1S/C18H23N6O14P3/c1-20-10-5-3-2-4-9(10)18(26)36-14-11(6-34-40(30,31)38-41(32,33)37-39(27,28)29)35-17(13(14)25)24-8-23-12-15(19)21-7-22-16(12)24/h2-5,7-8,11,13-14,17,20,25H,6H2,1H3,(H,30,31)(H,32,33)(H2,19,21,22)(H2,27,28,29)/t11-,13-,14-,17-/m0/s1. The van der Waals surface area contributed by atoms with Gasteiger partial charge in [0.1, 0.15) is 24.1 Å². The number of aliphatic hydroxyl groups is 1. The third kappa shape index (κ3) is 7.34. The summed E-state index contributed by atoms with van der Waals surface area (Å²) in [6, 6.07) is 6.21. The fourth-order valence-electron chi connectivity index (χ4n) is 3.82. The molecule has 3 heterocycles. The highest BCUT2D eigenvalue weighted by Crippen LogP contribution is 2.66. The number of carbonyl (C=O) groups is 1. The van der Waals surface area contributed by atoms with E-state index >= 15 is 0 Å². The predicted molar refractivity (Wildman–Crippen MR) is 135 cm³/mol. The Morgan fingerprint density at radius 3 is 2.49 bits per heavy atom. The molecule has 23 heteroatoms. The lowest BCUT2D eigenvalue weighted by Gasteiger charge is -2.22. The number of anilines is 2. The van der Waals surface area contributed by atoms with Crippen LogP contribution in [0.3, 0.4) is 0 Å². The van der Waals surface area contributed by atoms with Crippen molar-refractivity contribution in [3.8, 4) is 0 Å². The number of phosphoric ester groups is 1. The van der Waals surface area contributed by atoms with Crippen LogP contribution in [0.15, 0.2) is 36.9 Å². The minimum Gasteiger partial charge on any atom is -0.453 e. The van der Waals surface area contributed by atoms with Crippen molar-refractivity contribution in [2.45, 2.75) is 24.5 Å². The summed E-state index contributed by atoms with van der Waals surface area (Å²) in [7, 11) is -15.4. The second-order valence-corrected chi connectivity index (χ2v) is 12.6. The van der Waals surface area contributed by atoms with Crippen molar-refractivity contribution < 1.29 is 65.8 Å². The first-order chi connectivity index (χ1) is 19.1. The van der Waals surface area contributed by atoms with E-state index in [0.29, 0.717) is 5.69 Å². The maximum atomic E-state index is 13.0. The zero-order chi connectivity index (χ0) is 30.2. The normalized spacial score (nSPS) is 24.0. The minimum absolute atomic E-state index is 0.0112. The van der Waals surface area contributed by atoms with E-state index in [1.807, 2.05) is 0 Å². The van der Waals surface area contributed by atoms with Gasteiger partial charge >= 0.3 is 29.4 Å². The molecule has 1 saturated heterocycles. The van der Waals surface area contributed by atoms with Crippen LogP contribution in [0.1, 0.15) is 16.6 Å². The summed E-state index contributed by atoms with van der Waals surface area (Å²) < 4.78 is 59.3. The molecule has 1 fully saturated rings. The lowest BCUT2D eigenvalue weighted by molar-refractivity contribution is -0.0520. The highest BCUT2D eigenvalue weighted by molar-refractivity contribution is 7.66. The Morgan fingerprint density at radius 2 is 1.80 bits per heavy atom. The van der Waals surface area contributed by atoms with Gasteiger partial charge < -0.3 is 45.2 Å². The number of phosphoric acid groups is 3. The fourth-order valence-corrected chi connectivity index (χ4v) is 6.85. The first kappa shape index (κ1) is 31.1. The highest BCUT2D eigenvalue weighted by atomic mass is 31.3. The van der Waals surface area contributed by atoms with Gasteiger partial charge in [-0.1, -0.05) is 12.1 Å². The van der Waals surface area contributed by atoms with Crippen LogP contribution in [0.25, 0.3) is 11.2 Å². The predicted octanol–water partition coefficient (Wildman–Crippen LogP) is 0.277. The van der Waals surface area contributed by atoms with Crippen molar-refractivity contribution in [1.82, 2.24) is 19.5 Å². The van der Waals surface area contributed by atoms with Crippen LogP contribution in [-0.4, -0.2) is 82.1 Å². The molecule has 2 unspecified atom stereocenters. The summed E-state index contributed by atoms with van der Waals surface area (Å²) in [5, 5.41) is 13.9. The van der Waals surface area contributed by atoms with Crippen LogP contribution >= 0.6 is 23.5 Å². The molecular formula is C18H23N6O14P3. The lowest BCUT2D eigenvalue weighted by Crippen LogP contribution is -2.38. The zero-order valence-corrected chi connectivity index (χ0v) is 23.3. The summed E-state index contributed by atoms with van der Waals surface area (Å²) in [6.45, 7) is -1.02. The number of carbonyl (C=O) groups excluding carboxylic acids is 1. The van der Waals surface area contributed by atoms with E-state index in [2.05, 4.69) is 33.4 Å². The first-order valence-electron chi connectivity index (χ1n) is 11.1. The summed E-state index contributed by atoms with van der Waals surface area (Å²) in [5.74, 6) is -0.925. The molecule has 0 aliphatic carbocycles. The molecular weight excluding hydrogens is 617 g/mol. The molecule has 3 aromatic rings. The summed E-state index contributed by atoms with van der Waals surface area (Å²) in [5.41, 5.74) is 6.50. The van der Waals surface area contributed by atoms with Crippen molar-refractivity contribution >= 4 is 52.1 Å². The molecule has 20 nitrogen and oxygen atoms in total. The van der Waals surface area contributed by atoms with Gasteiger partial charge in [-0.15, -0.1) is 0 Å². The van der Waals surface area contributed by atoms with E-state index in [9.17, 15) is 33.4 Å². The average Bonchev–Trinajstić information content (AvgIpc) is 3.42. The van der Waals surface area contributed by atoms with Gasteiger partial charge in [-0.05, 0) is 12.1 Å². The van der Waals surface area contributed by atoms with E-state index < -0.39 is 60.6 Å². The Bertz CT molecular complexity index is 1580. The maximum absolute atomic E-state index is 13.0. The SMILES string of the molecule is CNc1ccccc1C(=O)O[C@@H]1[C@H](O)[C@@H](n2cnc3c(N)ncnc32)O[C@H]1COP(=O)(O)OP(=O)(O)OP(=O)(O)O. The number of rotatable bonds is 11. The van der Waals surface area contributed by atoms with E-state index in [0.717, 1.165) is 6.33 Å². The number of nitrogens with two attached hydrogens (primary N) is 1. The molecule has 0 saturated carbocycles. The van der Waals surface area contributed by atoms with Crippen LogP contribution < -0.4 is 11.1 Å². The van der Waals surface area contributed by atoms with Crippen LogP contribution in [-0.2, 0) is 36.3 Å². The molecule has 8 N–H and O–H groups in total. The van der Waals surface area contributed by atoms with Gasteiger partial charge in [-0.2, -0.15) is 8.62 Å². The number of benzene rings is 1. The number of ether oxygens (including phenoxy) is 2. The molecule has 1 aromatic carbocycles. The van der Waals surface area contributed by atoms with Gasteiger partial charge in [0.2, 0.25) is 0 Å². The molecule has 0 bridgehead atoms. The second-order valence-electron chi connectivity index (χ2n) is 8.19. The lowest BCUT2D eigenvalue weighted by atomic mass is 10.1. The Hall–Kier alpha value is -2.83. The molecule has 6 atom stereocenters. The van der Waals surface area contributed by atoms with Gasteiger partial charge in [0.25, 0.3) is 0 Å². The monoisotopic (exact) mass is 640 g/mol. The molecule has 2 aromatic heterocycles. The molecule has 224 valence electrons. The number of aliphatic hydroxyl groups excluding tert-OH is 1.